The lowest BCUT2D eigenvalue weighted by molar-refractivity contribution is -0.137. The molecule has 1 amide bonds. The summed E-state index contributed by atoms with van der Waals surface area (Å²) in [5.41, 5.74) is 5.51. The lowest BCUT2D eigenvalue weighted by Gasteiger charge is -2.46. The lowest BCUT2D eigenvalue weighted by atomic mass is 9.70. The molecule has 2 aliphatic heterocycles. The first-order valence-electron chi connectivity index (χ1n) is 10.3. The molecule has 32 heavy (non-hydrogen) atoms. The van der Waals surface area contributed by atoms with E-state index in [-0.39, 0.29) is 24.1 Å². The largest absolute Gasteiger partial charge is 0.417 e. The summed E-state index contributed by atoms with van der Waals surface area (Å²) in [6.45, 7) is 2.49. The molecule has 0 bridgehead atoms. The van der Waals surface area contributed by atoms with Crippen LogP contribution in [0.25, 0.3) is 0 Å². The number of likely N-dealkylation sites (tertiary alicyclic amines) is 1. The Bertz CT molecular complexity index is 1060. The number of allylic oxidation sites excluding steroid dienone is 2. The number of alkyl halides is 3. The zero-order valence-electron chi connectivity index (χ0n) is 17.4. The van der Waals surface area contributed by atoms with Crippen LogP contribution in [0.4, 0.5) is 13.2 Å². The molecule has 1 aliphatic carbocycles. The van der Waals surface area contributed by atoms with Gasteiger partial charge in [-0.25, -0.2) is 4.99 Å². The maximum absolute atomic E-state index is 13.2. The molecule has 2 unspecified atom stereocenters. The Morgan fingerprint density at radius 3 is 2.72 bits per heavy atom. The van der Waals surface area contributed by atoms with E-state index >= 15 is 0 Å². The SMILES string of the molecule is CC12CCN(C(=O)c3cccc(C(F)(F)F)c3Cl)CC1N=C(C1CC1)N=C2/C(N)=C/C=N. The standard InChI is InChI=1S/C22H23ClF3N5O/c1-21-8-10-31(20(32)13-3-2-4-14(17(13)23)22(24,25)26)11-16(21)29-19(12-5-6-12)30-18(21)15(28)7-9-27/h2-4,7,9,12,16,27H,5-6,8,10-11,28H2,1H3/b15-7-,27-9?. The van der Waals surface area contributed by atoms with Gasteiger partial charge in [0, 0.05) is 30.6 Å². The van der Waals surface area contributed by atoms with E-state index in [4.69, 9.17) is 32.7 Å². The molecule has 6 nitrogen and oxygen atoms in total. The van der Waals surface area contributed by atoms with Gasteiger partial charge in [-0.05, 0) is 37.5 Å². The number of aliphatic imine (C=N–C) groups is 2. The first-order valence-corrected chi connectivity index (χ1v) is 10.7. The zero-order chi connectivity index (χ0) is 23.3. The summed E-state index contributed by atoms with van der Waals surface area (Å²) in [5, 5.41) is 6.75. The van der Waals surface area contributed by atoms with Crippen molar-refractivity contribution < 1.29 is 18.0 Å². The minimum Gasteiger partial charge on any atom is -0.397 e. The van der Waals surface area contributed by atoms with Gasteiger partial charge >= 0.3 is 6.18 Å². The van der Waals surface area contributed by atoms with E-state index in [0.717, 1.165) is 25.1 Å². The molecule has 3 aliphatic rings. The van der Waals surface area contributed by atoms with Gasteiger partial charge in [-0.2, -0.15) is 13.2 Å². The summed E-state index contributed by atoms with van der Waals surface area (Å²) >= 11 is 5.99. The van der Waals surface area contributed by atoms with Crippen molar-refractivity contribution in [1.82, 2.24) is 4.90 Å². The van der Waals surface area contributed by atoms with Crippen LogP contribution in [-0.4, -0.2) is 47.7 Å². The van der Waals surface area contributed by atoms with Gasteiger partial charge in [-0.3, -0.25) is 9.79 Å². The molecular weight excluding hydrogens is 443 g/mol. The van der Waals surface area contributed by atoms with Crippen LogP contribution in [0.3, 0.4) is 0 Å². The average molecular weight is 466 g/mol. The Hall–Kier alpha value is -2.68. The van der Waals surface area contributed by atoms with E-state index in [9.17, 15) is 18.0 Å². The third-order valence-electron chi connectivity index (χ3n) is 6.39. The number of hydrogen-bond donors (Lipinski definition) is 2. The third kappa shape index (κ3) is 3.94. The number of carbonyl (C=O) groups is 1. The number of piperidine rings is 1. The number of nitrogens with two attached hydrogens (primary N) is 1. The van der Waals surface area contributed by atoms with Crippen LogP contribution in [0.2, 0.25) is 5.02 Å². The molecule has 170 valence electrons. The fraction of sp³-hybridized carbons (Fsp3) is 0.455. The molecule has 10 heteroatoms. The Morgan fingerprint density at radius 1 is 1.38 bits per heavy atom. The first kappa shape index (κ1) is 22.5. The number of halogens is 4. The van der Waals surface area contributed by atoms with Crippen molar-refractivity contribution in [3.05, 3.63) is 46.1 Å². The molecule has 3 N–H and O–H groups in total. The molecular formula is C22H23ClF3N5O. The van der Waals surface area contributed by atoms with E-state index in [0.29, 0.717) is 30.2 Å². The highest BCUT2D eigenvalue weighted by atomic mass is 35.5. The second kappa shape index (κ2) is 8.03. The van der Waals surface area contributed by atoms with Gasteiger partial charge in [0.05, 0.1) is 33.6 Å². The smallest absolute Gasteiger partial charge is 0.397 e. The topological polar surface area (TPSA) is 94.9 Å². The normalized spacial score (nSPS) is 26.2. The summed E-state index contributed by atoms with van der Waals surface area (Å²) in [6.07, 6.45) is 0.382. The Balaban J connectivity index is 1.65. The number of carbonyl (C=O) groups excluding carboxylic acids is 1. The van der Waals surface area contributed by atoms with Crippen LogP contribution in [0.15, 0.2) is 40.0 Å². The van der Waals surface area contributed by atoms with Gasteiger partial charge in [0.1, 0.15) is 5.84 Å². The molecule has 0 spiro atoms. The van der Waals surface area contributed by atoms with Gasteiger partial charge < -0.3 is 16.0 Å². The number of rotatable bonds is 4. The lowest BCUT2D eigenvalue weighted by Crippen LogP contribution is -2.56. The van der Waals surface area contributed by atoms with E-state index in [1.54, 1.807) is 0 Å². The quantitative estimate of drug-likeness (QED) is 0.647. The van der Waals surface area contributed by atoms with Crippen LogP contribution in [0.1, 0.15) is 42.1 Å². The number of amides is 1. The highest BCUT2D eigenvalue weighted by Crippen LogP contribution is 2.43. The van der Waals surface area contributed by atoms with Crippen LogP contribution in [0.5, 0.6) is 0 Å². The van der Waals surface area contributed by atoms with Crippen LogP contribution >= 0.6 is 11.6 Å². The Kier molecular flexibility index (Phi) is 5.65. The monoisotopic (exact) mass is 465 g/mol. The van der Waals surface area contributed by atoms with Crippen molar-refractivity contribution in [3.63, 3.8) is 0 Å². The minimum atomic E-state index is -4.65. The fourth-order valence-electron chi connectivity index (χ4n) is 4.30. The van der Waals surface area contributed by atoms with Crippen LogP contribution in [0, 0.1) is 16.7 Å². The fourth-order valence-corrected chi connectivity index (χ4v) is 4.61. The van der Waals surface area contributed by atoms with Gasteiger partial charge in [0.25, 0.3) is 5.91 Å². The van der Waals surface area contributed by atoms with E-state index in [2.05, 4.69) is 0 Å². The predicted octanol–water partition coefficient (Wildman–Crippen LogP) is 4.33. The summed E-state index contributed by atoms with van der Waals surface area (Å²) in [4.78, 5) is 24.2. The zero-order valence-corrected chi connectivity index (χ0v) is 18.2. The first-order chi connectivity index (χ1) is 15.1. The van der Waals surface area contributed by atoms with Gasteiger partial charge in [-0.1, -0.05) is 24.6 Å². The molecule has 1 aromatic rings. The maximum Gasteiger partial charge on any atom is 0.417 e. The van der Waals surface area contributed by atoms with Crippen molar-refractivity contribution in [3.8, 4) is 0 Å². The minimum absolute atomic E-state index is 0.176. The second-order valence-electron chi connectivity index (χ2n) is 8.61. The number of amidine groups is 1. The van der Waals surface area contributed by atoms with Crippen molar-refractivity contribution in [2.45, 2.75) is 38.4 Å². The molecule has 2 atom stereocenters. The molecule has 2 heterocycles. The third-order valence-corrected chi connectivity index (χ3v) is 6.79. The van der Waals surface area contributed by atoms with Gasteiger partial charge in [0.2, 0.25) is 0 Å². The maximum atomic E-state index is 13.2. The van der Waals surface area contributed by atoms with Crippen molar-refractivity contribution in [2.75, 3.05) is 13.1 Å². The van der Waals surface area contributed by atoms with E-state index in [1.165, 1.54) is 23.1 Å². The highest BCUT2D eigenvalue weighted by Gasteiger charge is 2.49. The molecule has 4 rings (SSSR count). The predicted molar refractivity (Wildman–Crippen MR) is 118 cm³/mol. The molecule has 0 radical (unpaired) electrons. The number of nitrogens with zero attached hydrogens (tertiary/aromatic N) is 3. The molecule has 2 fully saturated rings. The Labute approximate surface area is 188 Å². The summed E-state index contributed by atoms with van der Waals surface area (Å²) in [5.74, 6) is 0.389. The molecule has 1 aromatic carbocycles. The van der Waals surface area contributed by atoms with Crippen LogP contribution in [-0.2, 0) is 6.18 Å². The summed E-state index contributed by atoms with van der Waals surface area (Å²) < 4.78 is 39.7. The number of fused-ring (bicyclic) bond motifs is 1. The summed E-state index contributed by atoms with van der Waals surface area (Å²) in [6, 6.07) is 3.02. The highest BCUT2D eigenvalue weighted by molar-refractivity contribution is 6.34. The molecule has 1 saturated carbocycles. The van der Waals surface area contributed by atoms with Crippen molar-refractivity contribution >= 4 is 35.3 Å². The van der Waals surface area contributed by atoms with Crippen molar-refractivity contribution in [1.29, 1.82) is 5.41 Å². The van der Waals surface area contributed by atoms with Crippen molar-refractivity contribution in [2.24, 2.45) is 27.1 Å². The summed E-state index contributed by atoms with van der Waals surface area (Å²) in [7, 11) is 0. The van der Waals surface area contributed by atoms with Gasteiger partial charge in [0.15, 0.2) is 0 Å². The van der Waals surface area contributed by atoms with Crippen LogP contribution < -0.4 is 5.73 Å². The number of benzene rings is 1. The molecule has 1 saturated heterocycles. The van der Waals surface area contributed by atoms with E-state index in [1.807, 2.05) is 6.92 Å². The molecule has 0 aromatic heterocycles. The van der Waals surface area contributed by atoms with E-state index < -0.39 is 28.1 Å². The number of hydrogen-bond acceptors (Lipinski definition) is 5. The second-order valence-corrected chi connectivity index (χ2v) is 8.99. The Morgan fingerprint density at radius 2 is 2.09 bits per heavy atom. The number of nitrogens with one attached hydrogen (secondary N) is 1. The average Bonchev–Trinajstić information content (AvgIpc) is 3.57. The van der Waals surface area contributed by atoms with Gasteiger partial charge in [-0.15, -0.1) is 0 Å².